The number of benzene rings is 3. The molecule has 1 aromatic heterocycles. The molecule has 0 amide bonds. The van der Waals surface area contributed by atoms with Crippen molar-refractivity contribution in [1.82, 2.24) is 8.87 Å². The van der Waals surface area contributed by atoms with E-state index in [0.717, 1.165) is 78.0 Å². The summed E-state index contributed by atoms with van der Waals surface area (Å²) in [5, 5.41) is 15.1. The number of carboxylic acids is 1. The molecule has 1 atom stereocenters. The first kappa shape index (κ1) is 33.3. The average molecular weight is 694 g/mol. The molecule has 0 spiro atoms. The molecule has 0 saturated heterocycles. The summed E-state index contributed by atoms with van der Waals surface area (Å²) in [6, 6.07) is 15.4. The highest BCUT2D eigenvalue weighted by molar-refractivity contribution is 7.89. The van der Waals surface area contributed by atoms with Crippen molar-refractivity contribution in [3.63, 3.8) is 0 Å². The van der Waals surface area contributed by atoms with E-state index in [2.05, 4.69) is 5.32 Å². The lowest BCUT2D eigenvalue weighted by Crippen LogP contribution is -2.53. The van der Waals surface area contributed by atoms with Gasteiger partial charge in [0.25, 0.3) is 15.6 Å². The van der Waals surface area contributed by atoms with Gasteiger partial charge in [0.2, 0.25) is 0 Å². The van der Waals surface area contributed by atoms with Gasteiger partial charge in [-0.05, 0) is 65.3 Å². The van der Waals surface area contributed by atoms with Gasteiger partial charge in [0.15, 0.2) is 5.03 Å². The van der Waals surface area contributed by atoms with Gasteiger partial charge in [-0.15, -0.1) is 0 Å². The second kappa shape index (κ2) is 12.9. The van der Waals surface area contributed by atoms with Gasteiger partial charge in [-0.1, -0.05) is 86.7 Å². The van der Waals surface area contributed by atoms with Crippen molar-refractivity contribution in [1.29, 1.82) is 0 Å². The number of alkyl halides is 3. The fourth-order valence-corrected chi connectivity index (χ4v) is 10.1. The third-order valence-electron chi connectivity index (χ3n) is 10.4. The lowest BCUT2D eigenvalue weighted by molar-refractivity contribution is -0.142. The van der Waals surface area contributed by atoms with Gasteiger partial charge < -0.3 is 10.4 Å². The first-order valence-electron chi connectivity index (χ1n) is 16.9. The van der Waals surface area contributed by atoms with Crippen LogP contribution in [0, 0.1) is 0 Å². The van der Waals surface area contributed by atoms with E-state index in [4.69, 9.17) is 0 Å². The van der Waals surface area contributed by atoms with Crippen molar-refractivity contribution in [3.05, 3.63) is 93.8 Å². The van der Waals surface area contributed by atoms with Crippen molar-refractivity contribution in [2.24, 2.45) is 0 Å². The van der Waals surface area contributed by atoms with Crippen molar-refractivity contribution >= 4 is 32.5 Å². The van der Waals surface area contributed by atoms with E-state index in [-0.39, 0.29) is 34.8 Å². The van der Waals surface area contributed by atoms with Gasteiger partial charge >= 0.3 is 12.1 Å². The van der Waals surface area contributed by atoms with Crippen LogP contribution in [-0.2, 0) is 27.4 Å². The molecule has 2 heterocycles. The molecule has 0 radical (unpaired) electrons. The Kier molecular flexibility index (Phi) is 8.81. The molecule has 2 aliphatic carbocycles. The molecule has 3 aliphatic rings. The minimum Gasteiger partial charge on any atom is -0.480 e. The summed E-state index contributed by atoms with van der Waals surface area (Å²) in [5.74, 6) is -1.39. The van der Waals surface area contributed by atoms with Crippen LogP contribution in [0.15, 0.2) is 76.6 Å². The molecule has 258 valence electrons. The maximum absolute atomic E-state index is 14.9. The van der Waals surface area contributed by atoms with Crippen molar-refractivity contribution in [3.8, 4) is 11.1 Å². The second-order valence-corrected chi connectivity index (χ2v) is 15.3. The van der Waals surface area contributed by atoms with E-state index in [9.17, 15) is 36.3 Å². The molecule has 0 bridgehead atoms. The lowest BCUT2D eigenvalue weighted by atomic mass is 9.91. The quantitative estimate of drug-likeness (QED) is 0.207. The molecular formula is C37H38F3N3O5S. The Labute approximate surface area is 282 Å². The molecular weight excluding hydrogens is 655 g/mol. The van der Waals surface area contributed by atoms with Gasteiger partial charge in [-0.25, -0.2) is 13.2 Å². The zero-order valence-corrected chi connectivity index (χ0v) is 27.7. The monoisotopic (exact) mass is 693 g/mol. The van der Waals surface area contributed by atoms with Crippen LogP contribution in [0.3, 0.4) is 0 Å². The number of hydrogen-bond acceptors (Lipinski definition) is 5. The molecule has 2 saturated carbocycles. The molecule has 2 N–H and O–H groups in total. The molecule has 49 heavy (non-hydrogen) atoms. The Morgan fingerprint density at radius 2 is 1.57 bits per heavy atom. The van der Waals surface area contributed by atoms with Gasteiger partial charge in [0.1, 0.15) is 11.7 Å². The fourth-order valence-electron chi connectivity index (χ4n) is 8.00. The number of halogens is 3. The van der Waals surface area contributed by atoms with Crippen molar-refractivity contribution in [2.45, 2.75) is 93.5 Å². The lowest BCUT2D eigenvalue weighted by Gasteiger charge is -2.41. The van der Waals surface area contributed by atoms with Crippen LogP contribution >= 0.6 is 0 Å². The summed E-state index contributed by atoms with van der Waals surface area (Å²) in [6.45, 7) is -0.442. The number of rotatable bonds is 7. The molecule has 1 unspecified atom stereocenters. The van der Waals surface area contributed by atoms with Crippen LogP contribution in [0.2, 0.25) is 0 Å². The van der Waals surface area contributed by atoms with Gasteiger partial charge in [0.05, 0.1) is 5.56 Å². The zero-order chi connectivity index (χ0) is 34.5. The number of carboxylic acid groups (broad SMARTS) is 1. The van der Waals surface area contributed by atoms with E-state index in [0.29, 0.717) is 12.8 Å². The number of nitrogens with one attached hydrogen (secondary N) is 1. The third-order valence-corrected chi connectivity index (χ3v) is 12.3. The third kappa shape index (κ3) is 6.14. The summed E-state index contributed by atoms with van der Waals surface area (Å²) >= 11 is 0. The van der Waals surface area contributed by atoms with E-state index in [1.807, 2.05) is 42.5 Å². The highest BCUT2D eigenvalue weighted by Gasteiger charge is 2.47. The number of aromatic nitrogens is 1. The Bertz CT molecular complexity index is 2080. The molecule has 2 fully saturated rings. The molecule has 1 aliphatic heterocycles. The molecule has 7 rings (SSSR count). The minimum atomic E-state index is -4.74. The number of sulfonamides is 1. The maximum atomic E-state index is 14.9. The summed E-state index contributed by atoms with van der Waals surface area (Å²) in [7, 11) is -4.58. The fraction of sp³-hybridized carbons (Fsp3) is 0.405. The largest absolute Gasteiger partial charge is 0.480 e. The summed E-state index contributed by atoms with van der Waals surface area (Å²) in [5.41, 5.74) is -0.902. The van der Waals surface area contributed by atoms with Crippen molar-refractivity contribution in [2.75, 3.05) is 11.9 Å². The molecule has 4 aromatic rings. The highest BCUT2D eigenvalue weighted by Crippen LogP contribution is 2.44. The van der Waals surface area contributed by atoms with Gasteiger partial charge in [-0.2, -0.15) is 17.5 Å². The highest BCUT2D eigenvalue weighted by atomic mass is 32.2. The number of hydrogen-bond donors (Lipinski definition) is 2. The van der Waals surface area contributed by atoms with Crippen LogP contribution in [0.4, 0.5) is 18.9 Å². The normalized spacial score (nSPS) is 20.3. The van der Waals surface area contributed by atoms with Crippen LogP contribution in [-0.4, -0.2) is 47.0 Å². The summed E-state index contributed by atoms with van der Waals surface area (Å²) < 4.78 is 74.5. The number of anilines is 1. The Morgan fingerprint density at radius 3 is 2.29 bits per heavy atom. The van der Waals surface area contributed by atoms with E-state index in [1.54, 1.807) is 0 Å². The second-order valence-electron chi connectivity index (χ2n) is 13.4. The van der Waals surface area contributed by atoms with Crippen LogP contribution in [0.25, 0.3) is 21.9 Å². The van der Waals surface area contributed by atoms with Crippen molar-refractivity contribution < 1.29 is 31.5 Å². The van der Waals surface area contributed by atoms with E-state index >= 15 is 0 Å². The number of pyridine rings is 1. The number of carbonyl (C=O) groups is 1. The Balaban J connectivity index is 1.59. The van der Waals surface area contributed by atoms with Gasteiger partial charge in [0, 0.05) is 30.6 Å². The first-order chi connectivity index (χ1) is 23.4. The Morgan fingerprint density at radius 1 is 0.898 bits per heavy atom. The van der Waals surface area contributed by atoms with Crippen LogP contribution < -0.4 is 10.9 Å². The topological polar surface area (TPSA) is 109 Å². The van der Waals surface area contributed by atoms with E-state index in [1.165, 1.54) is 16.4 Å². The minimum absolute atomic E-state index is 0.0156. The first-order valence-corrected chi connectivity index (χ1v) is 18.4. The maximum Gasteiger partial charge on any atom is 0.416 e. The summed E-state index contributed by atoms with van der Waals surface area (Å²) in [6.07, 6.45) is 2.07. The molecule has 3 aromatic carbocycles. The SMILES string of the molecule is O=C(O)C1CN(C2CCCCC2)S(=O)(=O)c2c(-c3cccc(C(F)(F)F)c3)c(Cc3cccc4ccccc34)c(NC3CCCC3)c(=O)n21. The smallest absolute Gasteiger partial charge is 0.416 e. The zero-order valence-electron chi connectivity index (χ0n) is 26.9. The predicted molar refractivity (Wildman–Crippen MR) is 181 cm³/mol. The van der Waals surface area contributed by atoms with E-state index < -0.39 is 56.9 Å². The number of fused-ring (bicyclic) bond motifs is 2. The standard InChI is InChI=1S/C37H38F3N3O5S/c38-37(39,40)26-14-9-13-25(20-26)32-30(21-24-12-8-11-23-10-4-7-19-29(23)24)33(41-27-15-5-6-16-27)34(44)43-31(36(45)46)22-42(49(47,48)35(32)43)28-17-2-1-3-18-28/h4,7-14,19-20,27-28,31,41H,1-3,5-6,15-18,21-22H2,(H,45,46). The Hall–Kier alpha value is -4.16. The molecule has 8 nitrogen and oxygen atoms in total. The molecule has 12 heteroatoms. The van der Waals surface area contributed by atoms with Gasteiger partial charge in [-0.3, -0.25) is 9.36 Å². The number of nitrogens with zero attached hydrogens (tertiary/aromatic N) is 2. The van der Waals surface area contributed by atoms with Crippen LogP contribution in [0.5, 0.6) is 0 Å². The summed E-state index contributed by atoms with van der Waals surface area (Å²) in [4.78, 5) is 27.7. The predicted octanol–water partition coefficient (Wildman–Crippen LogP) is 7.60. The average Bonchev–Trinajstić information content (AvgIpc) is 3.60. The number of aliphatic carboxylic acids is 1. The van der Waals surface area contributed by atoms with Crippen LogP contribution in [0.1, 0.15) is 80.5 Å².